The van der Waals surface area contributed by atoms with Crippen molar-refractivity contribution in [2.24, 2.45) is 0 Å². The molecule has 0 saturated carbocycles. The fourth-order valence-corrected chi connectivity index (χ4v) is 1.23. The van der Waals surface area contributed by atoms with Crippen LogP contribution in [-0.4, -0.2) is 30.3 Å². The number of ether oxygens (including phenoxy) is 2. The van der Waals surface area contributed by atoms with Crippen LogP contribution in [0.15, 0.2) is 10.7 Å². The summed E-state index contributed by atoms with van der Waals surface area (Å²) >= 11 is 0. The van der Waals surface area contributed by atoms with Gasteiger partial charge in [-0.1, -0.05) is 6.92 Å². The molecule has 0 aliphatic carbocycles. The van der Waals surface area contributed by atoms with Crippen LogP contribution in [0.3, 0.4) is 0 Å². The largest absolute Gasteiger partial charge is 0.448 e. The van der Waals surface area contributed by atoms with Gasteiger partial charge in [0.2, 0.25) is 0 Å². The standard InChI is InChI=1S/C13H24N2O3/c1-5-6-16-7-8-17-12-15-11(10-18-12)9-14-13(2,3)4/h10,14H,5-9H2,1-4H3. The monoisotopic (exact) mass is 256 g/mol. The molecule has 1 aromatic heterocycles. The third-order valence-electron chi connectivity index (χ3n) is 2.13. The molecule has 0 spiro atoms. The van der Waals surface area contributed by atoms with Gasteiger partial charge in [-0.15, -0.1) is 0 Å². The molecule has 104 valence electrons. The Morgan fingerprint density at radius 3 is 2.72 bits per heavy atom. The van der Waals surface area contributed by atoms with Crippen molar-refractivity contribution in [2.75, 3.05) is 19.8 Å². The minimum absolute atomic E-state index is 0.0635. The Hall–Kier alpha value is -1.07. The lowest BCUT2D eigenvalue weighted by molar-refractivity contribution is 0.0886. The molecule has 1 aromatic rings. The summed E-state index contributed by atoms with van der Waals surface area (Å²) in [7, 11) is 0. The molecule has 0 atom stereocenters. The van der Waals surface area contributed by atoms with Crippen LogP contribution in [0.1, 0.15) is 39.8 Å². The third kappa shape index (κ3) is 6.61. The van der Waals surface area contributed by atoms with Crippen LogP contribution in [0.5, 0.6) is 6.08 Å². The molecule has 5 nitrogen and oxygen atoms in total. The lowest BCUT2D eigenvalue weighted by atomic mass is 10.1. The van der Waals surface area contributed by atoms with Gasteiger partial charge < -0.3 is 19.2 Å². The van der Waals surface area contributed by atoms with Crippen LogP contribution in [-0.2, 0) is 11.3 Å². The highest BCUT2D eigenvalue weighted by molar-refractivity contribution is 5.00. The summed E-state index contributed by atoms with van der Waals surface area (Å²) < 4.78 is 15.8. The highest BCUT2D eigenvalue weighted by Gasteiger charge is 2.11. The van der Waals surface area contributed by atoms with Gasteiger partial charge in [-0.05, 0) is 27.2 Å². The van der Waals surface area contributed by atoms with Gasteiger partial charge in [0.05, 0.1) is 12.3 Å². The van der Waals surface area contributed by atoms with Crippen LogP contribution in [0, 0.1) is 0 Å². The number of rotatable bonds is 8. The van der Waals surface area contributed by atoms with Gasteiger partial charge in [-0.2, -0.15) is 4.98 Å². The van der Waals surface area contributed by atoms with Crippen molar-refractivity contribution in [1.29, 1.82) is 0 Å². The van der Waals surface area contributed by atoms with Crippen LogP contribution >= 0.6 is 0 Å². The molecular weight excluding hydrogens is 232 g/mol. The topological polar surface area (TPSA) is 56.5 Å². The maximum atomic E-state index is 5.33. The molecule has 5 heteroatoms. The van der Waals surface area contributed by atoms with Crippen LogP contribution in [0.2, 0.25) is 0 Å². The van der Waals surface area contributed by atoms with Gasteiger partial charge >= 0.3 is 6.08 Å². The van der Waals surface area contributed by atoms with E-state index in [1.165, 1.54) is 0 Å². The fraction of sp³-hybridized carbons (Fsp3) is 0.769. The predicted octanol–water partition coefficient (Wildman–Crippen LogP) is 2.37. The van der Waals surface area contributed by atoms with Crippen molar-refractivity contribution >= 4 is 0 Å². The lowest BCUT2D eigenvalue weighted by Gasteiger charge is -2.19. The number of nitrogens with zero attached hydrogens (tertiary/aromatic N) is 1. The molecule has 0 aromatic carbocycles. The fourth-order valence-electron chi connectivity index (χ4n) is 1.23. The van der Waals surface area contributed by atoms with Crippen molar-refractivity contribution in [2.45, 2.75) is 46.2 Å². The first-order chi connectivity index (χ1) is 8.51. The normalized spacial score (nSPS) is 11.8. The van der Waals surface area contributed by atoms with E-state index >= 15 is 0 Å². The first-order valence-corrected chi connectivity index (χ1v) is 6.41. The highest BCUT2D eigenvalue weighted by Crippen LogP contribution is 2.11. The van der Waals surface area contributed by atoms with Gasteiger partial charge in [0, 0.05) is 18.7 Å². The van der Waals surface area contributed by atoms with Gasteiger partial charge in [0.25, 0.3) is 0 Å². The Morgan fingerprint density at radius 2 is 2.06 bits per heavy atom. The second-order valence-electron chi connectivity index (χ2n) is 5.17. The quantitative estimate of drug-likeness (QED) is 0.724. The van der Waals surface area contributed by atoms with Crippen LogP contribution in [0.4, 0.5) is 0 Å². The Morgan fingerprint density at radius 1 is 1.28 bits per heavy atom. The Labute approximate surface area is 109 Å². The average molecular weight is 256 g/mol. The van der Waals surface area contributed by atoms with E-state index in [2.05, 4.69) is 38.0 Å². The van der Waals surface area contributed by atoms with E-state index in [0.29, 0.717) is 25.8 Å². The molecule has 1 N–H and O–H groups in total. The molecule has 0 bridgehead atoms. The zero-order valence-electron chi connectivity index (χ0n) is 11.8. The van der Waals surface area contributed by atoms with E-state index in [1.54, 1.807) is 6.26 Å². The molecule has 1 rings (SSSR count). The molecule has 0 aliphatic heterocycles. The van der Waals surface area contributed by atoms with E-state index < -0.39 is 0 Å². The summed E-state index contributed by atoms with van der Waals surface area (Å²) in [5.41, 5.74) is 0.905. The SMILES string of the molecule is CCCOCCOc1nc(CNC(C)(C)C)co1. The Bertz CT molecular complexity index is 331. The van der Waals surface area contributed by atoms with E-state index in [0.717, 1.165) is 18.7 Å². The molecule has 0 fully saturated rings. The molecule has 0 radical (unpaired) electrons. The number of hydrogen-bond donors (Lipinski definition) is 1. The maximum absolute atomic E-state index is 5.33. The zero-order valence-corrected chi connectivity index (χ0v) is 11.8. The average Bonchev–Trinajstić information content (AvgIpc) is 2.73. The van der Waals surface area contributed by atoms with Crippen molar-refractivity contribution in [3.8, 4) is 6.08 Å². The van der Waals surface area contributed by atoms with Gasteiger partial charge in [-0.25, -0.2) is 0 Å². The first kappa shape index (κ1) is 15.0. The second kappa shape index (κ2) is 7.38. The lowest BCUT2D eigenvalue weighted by Crippen LogP contribution is -2.35. The minimum atomic E-state index is 0.0635. The summed E-state index contributed by atoms with van der Waals surface area (Å²) in [6.45, 7) is 10.8. The molecular formula is C13H24N2O3. The van der Waals surface area contributed by atoms with E-state index in [1.807, 2.05) is 0 Å². The smallest absolute Gasteiger partial charge is 0.393 e. The number of oxazole rings is 1. The molecule has 0 aliphatic rings. The summed E-state index contributed by atoms with van der Waals surface area (Å²) in [6, 6.07) is 0. The summed E-state index contributed by atoms with van der Waals surface area (Å²) in [6.07, 6.45) is 2.93. The third-order valence-corrected chi connectivity index (χ3v) is 2.13. The van der Waals surface area contributed by atoms with E-state index in [9.17, 15) is 0 Å². The highest BCUT2D eigenvalue weighted by atomic mass is 16.6. The van der Waals surface area contributed by atoms with Crippen molar-refractivity contribution < 1.29 is 13.9 Å². The van der Waals surface area contributed by atoms with Crippen LogP contribution < -0.4 is 10.1 Å². The molecule has 0 unspecified atom stereocenters. The number of aromatic nitrogens is 1. The van der Waals surface area contributed by atoms with E-state index in [-0.39, 0.29) is 5.54 Å². The minimum Gasteiger partial charge on any atom is -0.448 e. The van der Waals surface area contributed by atoms with Gasteiger partial charge in [0.15, 0.2) is 0 Å². The van der Waals surface area contributed by atoms with Gasteiger partial charge in [-0.3, -0.25) is 0 Å². The van der Waals surface area contributed by atoms with E-state index in [4.69, 9.17) is 13.9 Å². The Balaban J connectivity index is 2.22. The van der Waals surface area contributed by atoms with Crippen LogP contribution in [0.25, 0.3) is 0 Å². The second-order valence-corrected chi connectivity index (χ2v) is 5.17. The van der Waals surface area contributed by atoms with Crippen molar-refractivity contribution in [1.82, 2.24) is 10.3 Å². The predicted molar refractivity (Wildman–Crippen MR) is 69.7 cm³/mol. The molecule has 1 heterocycles. The summed E-state index contributed by atoms with van der Waals surface area (Å²) in [5.74, 6) is 0. The molecule has 0 amide bonds. The Kier molecular flexibility index (Phi) is 6.15. The number of hydrogen-bond acceptors (Lipinski definition) is 5. The summed E-state index contributed by atoms with van der Waals surface area (Å²) in [5, 5.41) is 3.33. The zero-order chi connectivity index (χ0) is 13.4. The van der Waals surface area contributed by atoms with Crippen molar-refractivity contribution in [3.63, 3.8) is 0 Å². The number of nitrogens with one attached hydrogen (secondary N) is 1. The molecule has 0 saturated heterocycles. The first-order valence-electron chi connectivity index (χ1n) is 6.41. The summed E-state index contributed by atoms with van der Waals surface area (Å²) in [4.78, 5) is 4.22. The van der Waals surface area contributed by atoms with Crippen molar-refractivity contribution in [3.05, 3.63) is 12.0 Å². The van der Waals surface area contributed by atoms with Gasteiger partial charge in [0.1, 0.15) is 12.9 Å². The maximum Gasteiger partial charge on any atom is 0.393 e. The molecule has 18 heavy (non-hydrogen) atoms.